The lowest BCUT2D eigenvalue weighted by atomic mass is 10.0. The number of aryl methyl sites for hydroxylation is 1. The zero-order valence-electron chi connectivity index (χ0n) is 15.8. The molecule has 1 N–H and O–H groups in total. The zero-order valence-corrected chi connectivity index (χ0v) is 18.3. The molecule has 29 heavy (non-hydrogen) atoms. The maximum Gasteiger partial charge on any atom is 0.263 e. The molecule has 0 radical (unpaired) electrons. The number of benzene rings is 2. The number of aromatic nitrogens is 2. The van der Waals surface area contributed by atoms with Crippen LogP contribution in [0.2, 0.25) is 0 Å². The molecular weight excluding hydrogens is 450 g/mol. The van der Waals surface area contributed by atoms with E-state index in [1.165, 1.54) is 22.2 Å². The number of thiophene rings is 1. The van der Waals surface area contributed by atoms with E-state index in [4.69, 9.17) is 0 Å². The van der Waals surface area contributed by atoms with E-state index < -0.39 is 6.04 Å². The number of hydrogen-bond donors (Lipinski definition) is 1. The molecule has 2 aromatic carbocycles. The minimum absolute atomic E-state index is 0.217. The van der Waals surface area contributed by atoms with Crippen molar-refractivity contribution < 1.29 is 4.79 Å². The van der Waals surface area contributed by atoms with Crippen molar-refractivity contribution in [1.82, 2.24) is 9.55 Å². The quantitative estimate of drug-likeness (QED) is 0.437. The van der Waals surface area contributed by atoms with Crippen molar-refractivity contribution in [2.75, 3.05) is 5.32 Å². The Bertz CT molecular complexity index is 1240. The lowest BCUT2D eigenvalue weighted by Gasteiger charge is -2.15. The van der Waals surface area contributed by atoms with Crippen molar-refractivity contribution >= 4 is 49.1 Å². The van der Waals surface area contributed by atoms with Gasteiger partial charge in [-0.05, 0) is 43.7 Å². The molecule has 0 fully saturated rings. The Hall–Kier alpha value is -2.77. The molecule has 2 heterocycles. The van der Waals surface area contributed by atoms with Gasteiger partial charge in [0.15, 0.2) is 0 Å². The van der Waals surface area contributed by atoms with E-state index >= 15 is 0 Å². The van der Waals surface area contributed by atoms with Gasteiger partial charge in [-0.15, -0.1) is 11.3 Å². The summed E-state index contributed by atoms with van der Waals surface area (Å²) in [7, 11) is 0. The molecule has 0 bridgehead atoms. The molecule has 0 aliphatic carbocycles. The molecule has 7 heteroatoms. The minimum atomic E-state index is -0.700. The van der Waals surface area contributed by atoms with Gasteiger partial charge in [-0.2, -0.15) is 0 Å². The Morgan fingerprint density at radius 1 is 1.14 bits per heavy atom. The van der Waals surface area contributed by atoms with Gasteiger partial charge in [-0.3, -0.25) is 14.2 Å². The van der Waals surface area contributed by atoms with Crippen LogP contribution < -0.4 is 10.9 Å². The molecule has 0 saturated carbocycles. The third kappa shape index (κ3) is 3.88. The first-order chi connectivity index (χ1) is 13.9. The van der Waals surface area contributed by atoms with Crippen molar-refractivity contribution in [3.63, 3.8) is 0 Å². The highest BCUT2D eigenvalue weighted by atomic mass is 79.9. The molecule has 5 nitrogen and oxygen atoms in total. The van der Waals surface area contributed by atoms with Crippen LogP contribution in [0.5, 0.6) is 0 Å². The maximum absolute atomic E-state index is 13.2. The van der Waals surface area contributed by atoms with Gasteiger partial charge in [-0.25, -0.2) is 4.98 Å². The Labute approximate surface area is 180 Å². The van der Waals surface area contributed by atoms with E-state index in [1.54, 1.807) is 19.1 Å². The smallest absolute Gasteiger partial charge is 0.263 e. The lowest BCUT2D eigenvalue weighted by molar-refractivity contribution is -0.118. The molecule has 0 spiro atoms. The van der Waals surface area contributed by atoms with E-state index in [2.05, 4.69) is 26.2 Å². The number of carbonyl (C=O) groups excluding carboxylic acids is 1. The molecular formula is C22H18BrN3O2S. The second kappa shape index (κ2) is 7.93. The first-order valence-electron chi connectivity index (χ1n) is 9.06. The SMILES string of the molecule is Cc1ccc(-c2csc3ncn(C(C)C(=O)Nc4ccc(Br)cc4)c(=O)c23)cc1. The first kappa shape index (κ1) is 19.5. The van der Waals surface area contributed by atoms with Crippen molar-refractivity contribution in [2.45, 2.75) is 19.9 Å². The zero-order chi connectivity index (χ0) is 20.5. The molecule has 2 aromatic heterocycles. The number of hydrogen-bond acceptors (Lipinski definition) is 4. The minimum Gasteiger partial charge on any atom is -0.324 e. The van der Waals surface area contributed by atoms with Crippen LogP contribution in [0.1, 0.15) is 18.5 Å². The third-order valence-electron chi connectivity index (χ3n) is 4.79. The molecule has 4 aromatic rings. The van der Waals surface area contributed by atoms with E-state index in [-0.39, 0.29) is 11.5 Å². The fraction of sp³-hybridized carbons (Fsp3) is 0.136. The van der Waals surface area contributed by atoms with Crippen LogP contribution in [0.4, 0.5) is 5.69 Å². The van der Waals surface area contributed by atoms with Crippen molar-refractivity contribution in [2.24, 2.45) is 0 Å². The topological polar surface area (TPSA) is 64.0 Å². The van der Waals surface area contributed by atoms with E-state index in [0.29, 0.717) is 15.9 Å². The second-order valence-corrected chi connectivity index (χ2v) is 8.60. The summed E-state index contributed by atoms with van der Waals surface area (Å²) in [6.07, 6.45) is 1.45. The number of nitrogens with one attached hydrogen (secondary N) is 1. The summed E-state index contributed by atoms with van der Waals surface area (Å²) in [5, 5.41) is 5.34. The monoisotopic (exact) mass is 467 g/mol. The molecule has 0 saturated heterocycles. The van der Waals surface area contributed by atoms with Gasteiger partial charge in [0, 0.05) is 21.1 Å². The standard InChI is InChI=1S/C22H18BrN3O2S/c1-13-3-5-15(6-4-13)18-11-29-21-19(18)22(28)26(12-24-21)14(2)20(27)25-17-9-7-16(23)8-10-17/h3-12,14H,1-2H3,(H,25,27). The van der Waals surface area contributed by atoms with Crippen molar-refractivity contribution in [3.05, 3.63) is 80.6 Å². The Kier molecular flexibility index (Phi) is 5.34. The van der Waals surface area contributed by atoms with Crippen LogP contribution in [0.3, 0.4) is 0 Å². The highest BCUT2D eigenvalue weighted by molar-refractivity contribution is 9.10. The fourth-order valence-corrected chi connectivity index (χ4v) is 4.24. The molecule has 4 rings (SSSR count). The Morgan fingerprint density at radius 3 is 2.52 bits per heavy atom. The van der Waals surface area contributed by atoms with Gasteiger partial charge < -0.3 is 5.32 Å². The number of anilines is 1. The van der Waals surface area contributed by atoms with E-state index in [0.717, 1.165) is 21.2 Å². The van der Waals surface area contributed by atoms with Gasteiger partial charge in [0.2, 0.25) is 5.91 Å². The van der Waals surface area contributed by atoms with Crippen LogP contribution in [0.15, 0.2) is 69.5 Å². The van der Waals surface area contributed by atoms with Crippen molar-refractivity contribution in [1.29, 1.82) is 0 Å². The average Bonchev–Trinajstić information content (AvgIpc) is 3.15. The predicted octanol–water partition coefficient (Wildman–Crippen LogP) is 5.40. The number of fused-ring (bicyclic) bond motifs is 1. The van der Waals surface area contributed by atoms with Gasteiger partial charge in [0.05, 0.1) is 11.7 Å². The van der Waals surface area contributed by atoms with Gasteiger partial charge in [0.1, 0.15) is 10.9 Å². The molecule has 1 unspecified atom stereocenters. The number of rotatable bonds is 4. The summed E-state index contributed by atoms with van der Waals surface area (Å²) in [6.45, 7) is 3.72. The average molecular weight is 468 g/mol. The van der Waals surface area contributed by atoms with Gasteiger partial charge in [0.25, 0.3) is 5.56 Å². The number of amides is 1. The van der Waals surface area contributed by atoms with Crippen LogP contribution in [-0.2, 0) is 4.79 Å². The summed E-state index contributed by atoms with van der Waals surface area (Å²) in [5.74, 6) is -0.275. The molecule has 0 aliphatic rings. The van der Waals surface area contributed by atoms with E-state index in [1.807, 2.05) is 48.7 Å². The van der Waals surface area contributed by atoms with Crippen LogP contribution in [0.25, 0.3) is 21.3 Å². The largest absolute Gasteiger partial charge is 0.324 e. The highest BCUT2D eigenvalue weighted by Gasteiger charge is 2.20. The Balaban J connectivity index is 1.70. The summed E-state index contributed by atoms with van der Waals surface area (Å²) in [4.78, 5) is 31.0. The summed E-state index contributed by atoms with van der Waals surface area (Å²) in [6, 6.07) is 14.6. The summed E-state index contributed by atoms with van der Waals surface area (Å²) < 4.78 is 2.32. The van der Waals surface area contributed by atoms with Crippen LogP contribution in [0, 0.1) is 6.92 Å². The number of nitrogens with zero attached hydrogens (tertiary/aromatic N) is 2. The number of halogens is 1. The molecule has 1 amide bonds. The van der Waals surface area contributed by atoms with Crippen LogP contribution >= 0.6 is 27.3 Å². The fourth-order valence-electron chi connectivity index (χ4n) is 3.07. The normalized spacial score (nSPS) is 12.1. The first-order valence-corrected chi connectivity index (χ1v) is 10.7. The van der Waals surface area contributed by atoms with Crippen LogP contribution in [-0.4, -0.2) is 15.5 Å². The molecule has 0 aliphatic heterocycles. The van der Waals surface area contributed by atoms with Gasteiger partial charge >= 0.3 is 0 Å². The van der Waals surface area contributed by atoms with Crippen molar-refractivity contribution in [3.8, 4) is 11.1 Å². The third-order valence-corrected chi connectivity index (χ3v) is 6.21. The lowest BCUT2D eigenvalue weighted by Crippen LogP contribution is -2.31. The highest BCUT2D eigenvalue weighted by Crippen LogP contribution is 2.31. The number of carbonyl (C=O) groups is 1. The summed E-state index contributed by atoms with van der Waals surface area (Å²) >= 11 is 4.80. The van der Waals surface area contributed by atoms with Gasteiger partial charge in [-0.1, -0.05) is 45.8 Å². The second-order valence-electron chi connectivity index (χ2n) is 6.82. The maximum atomic E-state index is 13.2. The van der Waals surface area contributed by atoms with E-state index in [9.17, 15) is 9.59 Å². The predicted molar refractivity (Wildman–Crippen MR) is 122 cm³/mol. The molecule has 1 atom stereocenters. The molecule has 146 valence electrons. The summed E-state index contributed by atoms with van der Waals surface area (Å²) in [5.41, 5.74) is 3.41. The Morgan fingerprint density at radius 2 is 1.83 bits per heavy atom.